The van der Waals surface area contributed by atoms with E-state index in [4.69, 9.17) is 5.26 Å². The first-order valence-corrected chi connectivity index (χ1v) is 4.71. The van der Waals surface area contributed by atoms with E-state index in [0.29, 0.717) is 5.56 Å². The molecule has 0 bridgehead atoms. The number of nitrogens with one attached hydrogen (secondary N) is 1. The Labute approximate surface area is 86.8 Å². The summed E-state index contributed by atoms with van der Waals surface area (Å²) >= 11 is 0. The molecule has 0 atom stereocenters. The van der Waals surface area contributed by atoms with E-state index >= 15 is 0 Å². The third-order valence-electron chi connectivity index (χ3n) is 2.55. The van der Waals surface area contributed by atoms with Crippen LogP contribution in [0.4, 0.5) is 0 Å². The number of aromatic amines is 1. The van der Waals surface area contributed by atoms with Crippen molar-refractivity contribution < 1.29 is 0 Å². The van der Waals surface area contributed by atoms with Gasteiger partial charge in [0.2, 0.25) is 0 Å². The van der Waals surface area contributed by atoms with Crippen molar-refractivity contribution in [3.8, 4) is 6.07 Å². The van der Waals surface area contributed by atoms with E-state index in [1.807, 2.05) is 36.4 Å². The molecule has 2 nitrogen and oxygen atoms in total. The molecule has 2 aromatic carbocycles. The summed E-state index contributed by atoms with van der Waals surface area (Å²) in [6, 6.07) is 16.8. The largest absolute Gasteiger partial charge is 0.354 e. The average molecular weight is 191 g/mol. The molecule has 3 rings (SSSR count). The molecule has 15 heavy (non-hydrogen) atoms. The lowest BCUT2D eigenvalue weighted by molar-refractivity contribution is 1.49. The normalized spacial score (nSPS) is 10.6. The van der Waals surface area contributed by atoms with Gasteiger partial charge >= 0.3 is 0 Å². The second-order valence-electron chi connectivity index (χ2n) is 3.46. The number of benzene rings is 2. The van der Waals surface area contributed by atoms with Gasteiger partial charge in [-0.15, -0.1) is 0 Å². The summed E-state index contributed by atoms with van der Waals surface area (Å²) in [6.07, 6.45) is 0. The van der Waals surface area contributed by atoms with Crippen molar-refractivity contribution in [3.05, 3.63) is 48.0 Å². The molecule has 0 unspecified atom stereocenters. The fourth-order valence-electron chi connectivity index (χ4n) is 1.85. The first-order chi connectivity index (χ1) is 7.38. The number of para-hydroxylation sites is 1. The van der Waals surface area contributed by atoms with Crippen LogP contribution < -0.4 is 0 Å². The van der Waals surface area contributed by atoms with E-state index in [2.05, 4.69) is 17.1 Å². The molecular weight excluding hydrogens is 184 g/mol. The zero-order valence-electron chi connectivity index (χ0n) is 7.91. The highest BCUT2D eigenvalue weighted by molar-refractivity contribution is 6.07. The smallest absolute Gasteiger partial charge is 0.0991 e. The number of fused-ring (bicyclic) bond motifs is 3. The van der Waals surface area contributed by atoms with Gasteiger partial charge in [0.15, 0.2) is 0 Å². The van der Waals surface area contributed by atoms with Gasteiger partial charge in [0.25, 0.3) is 0 Å². The highest BCUT2D eigenvalue weighted by atomic mass is 14.7. The van der Waals surface area contributed by atoms with Crippen LogP contribution in [0.1, 0.15) is 5.56 Å². The molecule has 69 valence electrons. The fourth-order valence-corrected chi connectivity index (χ4v) is 1.85. The Morgan fingerprint density at radius 3 is 3.00 bits per heavy atom. The number of hydrogen-bond acceptors (Lipinski definition) is 1. The van der Waals surface area contributed by atoms with Gasteiger partial charge in [-0.25, -0.2) is 0 Å². The summed E-state index contributed by atoms with van der Waals surface area (Å²) in [7, 11) is 0. The van der Waals surface area contributed by atoms with Gasteiger partial charge in [-0.2, -0.15) is 5.26 Å². The van der Waals surface area contributed by atoms with E-state index in [1.165, 1.54) is 0 Å². The van der Waals surface area contributed by atoms with Gasteiger partial charge in [0.1, 0.15) is 0 Å². The van der Waals surface area contributed by atoms with Crippen molar-refractivity contribution in [1.82, 2.24) is 4.98 Å². The van der Waals surface area contributed by atoms with Crippen LogP contribution in [0.2, 0.25) is 0 Å². The van der Waals surface area contributed by atoms with Crippen molar-refractivity contribution in [2.45, 2.75) is 0 Å². The van der Waals surface area contributed by atoms with Crippen LogP contribution in [-0.2, 0) is 0 Å². The second-order valence-corrected chi connectivity index (χ2v) is 3.46. The summed E-state index contributed by atoms with van der Waals surface area (Å²) in [5, 5.41) is 11.0. The zero-order valence-corrected chi connectivity index (χ0v) is 7.91. The molecule has 0 saturated carbocycles. The summed E-state index contributed by atoms with van der Waals surface area (Å²) in [5.74, 6) is 0. The Balaban J connectivity index is 2.53. The zero-order chi connectivity index (χ0) is 10.3. The van der Waals surface area contributed by atoms with Crippen molar-refractivity contribution >= 4 is 21.8 Å². The predicted molar refractivity (Wildman–Crippen MR) is 59.4 cm³/mol. The van der Waals surface area contributed by atoms with E-state index in [-0.39, 0.29) is 0 Å². The van der Waals surface area contributed by atoms with Crippen molar-refractivity contribution in [2.75, 3.05) is 0 Å². The van der Waals surface area contributed by atoms with E-state index in [9.17, 15) is 0 Å². The first-order valence-electron chi connectivity index (χ1n) is 4.71. The summed E-state index contributed by atoms with van der Waals surface area (Å²) in [6.45, 7) is 0. The summed E-state index contributed by atoms with van der Waals surface area (Å²) < 4.78 is 0. The molecule has 1 N–H and O–H groups in total. The number of rotatable bonds is 0. The summed E-state index contributed by atoms with van der Waals surface area (Å²) in [4.78, 5) is 3.26. The molecule has 0 spiro atoms. The molecule has 0 saturated heterocycles. The van der Waals surface area contributed by atoms with Crippen LogP contribution >= 0.6 is 0 Å². The number of nitrogens with zero attached hydrogens (tertiary/aromatic N) is 1. The topological polar surface area (TPSA) is 39.6 Å². The monoisotopic (exact) mass is 191 g/mol. The Bertz CT molecular complexity index is 686. The third-order valence-corrected chi connectivity index (χ3v) is 2.55. The van der Waals surface area contributed by atoms with Crippen LogP contribution in [0.5, 0.6) is 0 Å². The van der Waals surface area contributed by atoms with Gasteiger partial charge in [-0.1, -0.05) is 18.2 Å². The third kappa shape index (κ3) is 1.10. The Morgan fingerprint density at radius 2 is 2.13 bits per heavy atom. The maximum Gasteiger partial charge on any atom is 0.0991 e. The molecule has 2 heteroatoms. The highest BCUT2D eigenvalue weighted by Gasteiger charge is 2.03. The van der Waals surface area contributed by atoms with Gasteiger partial charge in [-0.05, 0) is 18.2 Å². The Hall–Kier alpha value is -2.27. The predicted octanol–water partition coefficient (Wildman–Crippen LogP) is 2.99. The maximum atomic E-state index is 8.84. The van der Waals surface area contributed by atoms with Crippen molar-refractivity contribution in [3.63, 3.8) is 0 Å². The van der Waals surface area contributed by atoms with Crippen LogP contribution in [0, 0.1) is 17.4 Å². The van der Waals surface area contributed by atoms with E-state index < -0.39 is 0 Å². The first kappa shape index (κ1) is 8.07. The maximum absolute atomic E-state index is 8.84. The number of aromatic nitrogens is 1. The molecule has 3 aromatic rings. The average Bonchev–Trinajstić information content (AvgIpc) is 2.66. The molecule has 0 fully saturated rings. The molecular formula is C13H7N2. The molecule has 1 aromatic heterocycles. The van der Waals surface area contributed by atoms with Gasteiger partial charge in [0.05, 0.1) is 17.1 Å². The van der Waals surface area contributed by atoms with Gasteiger partial charge < -0.3 is 4.98 Å². The molecule has 0 aliphatic rings. The number of H-pyrrole nitrogens is 1. The van der Waals surface area contributed by atoms with Crippen LogP contribution in [0.3, 0.4) is 0 Å². The minimum Gasteiger partial charge on any atom is -0.354 e. The van der Waals surface area contributed by atoms with E-state index in [1.54, 1.807) is 0 Å². The second kappa shape index (κ2) is 2.86. The number of hydrogen-bond donors (Lipinski definition) is 1. The standard InChI is InChI=1S/C13H7N2/c14-8-9-5-6-13-11(7-9)10-3-1-2-4-12(10)15-13/h1-3,5-7,15H. The fraction of sp³-hybridized carbons (Fsp3) is 0. The Kier molecular flexibility index (Phi) is 1.54. The molecule has 0 aliphatic carbocycles. The molecule has 0 aliphatic heterocycles. The van der Waals surface area contributed by atoms with Crippen LogP contribution in [-0.4, -0.2) is 4.98 Å². The lowest BCUT2D eigenvalue weighted by Gasteiger charge is -1.90. The SMILES string of the molecule is N#Cc1ccc2[nH]c3[c]cccc3c2c1. The molecule has 1 heterocycles. The van der Waals surface area contributed by atoms with Gasteiger partial charge in [-0.3, -0.25) is 0 Å². The lowest BCUT2D eigenvalue weighted by Crippen LogP contribution is -1.72. The summed E-state index contributed by atoms with van der Waals surface area (Å²) in [5.41, 5.74) is 2.72. The van der Waals surface area contributed by atoms with E-state index in [0.717, 1.165) is 21.8 Å². The van der Waals surface area contributed by atoms with Crippen LogP contribution in [0.15, 0.2) is 36.4 Å². The Morgan fingerprint density at radius 1 is 1.20 bits per heavy atom. The molecule has 0 amide bonds. The molecule has 1 radical (unpaired) electrons. The quantitative estimate of drug-likeness (QED) is 0.583. The van der Waals surface area contributed by atoms with Crippen molar-refractivity contribution in [1.29, 1.82) is 5.26 Å². The number of nitriles is 1. The van der Waals surface area contributed by atoms with Crippen LogP contribution in [0.25, 0.3) is 21.8 Å². The minimum atomic E-state index is 0.687. The lowest BCUT2D eigenvalue weighted by atomic mass is 10.1. The van der Waals surface area contributed by atoms with Crippen molar-refractivity contribution in [2.24, 2.45) is 0 Å². The minimum absolute atomic E-state index is 0.687. The highest BCUT2D eigenvalue weighted by Crippen LogP contribution is 2.25. The van der Waals surface area contributed by atoms with Gasteiger partial charge in [0, 0.05) is 22.4 Å².